The van der Waals surface area contributed by atoms with Crippen LogP contribution in [0.5, 0.6) is 0 Å². The van der Waals surface area contributed by atoms with E-state index < -0.39 is 0 Å². The summed E-state index contributed by atoms with van der Waals surface area (Å²) in [6.07, 6.45) is 1.68. The van der Waals surface area contributed by atoms with Crippen LogP contribution >= 0.6 is 0 Å². The van der Waals surface area contributed by atoms with Gasteiger partial charge in [-0.15, -0.1) is 0 Å². The molecular weight excluding hydrogens is 166 g/mol. The van der Waals surface area contributed by atoms with Crippen LogP contribution in [0.4, 0.5) is 0 Å². The normalized spacial score (nSPS) is 13.4. The fourth-order valence-corrected chi connectivity index (χ4v) is 1.19. The molecule has 0 saturated heterocycles. The van der Waals surface area contributed by atoms with Gasteiger partial charge < -0.3 is 15.9 Å². The zero-order chi connectivity index (χ0) is 9.26. The van der Waals surface area contributed by atoms with E-state index in [9.17, 15) is 0 Å². The molecule has 0 fully saturated rings. The molecule has 2 rings (SSSR count). The highest BCUT2D eigenvalue weighted by Crippen LogP contribution is 2.19. The highest BCUT2D eigenvalue weighted by atomic mass is 16.3. The minimum absolute atomic E-state index is 0.241. The molecule has 0 bridgehead atoms. The van der Waals surface area contributed by atoms with Gasteiger partial charge in [0.2, 0.25) is 5.71 Å². The number of aromatic nitrogens is 1. The molecule has 1 unspecified atom stereocenters. The summed E-state index contributed by atoms with van der Waals surface area (Å²) in [5.41, 5.74) is 11.7. The maximum absolute atomic E-state index is 5.71. The average molecular weight is 177 g/mol. The summed E-state index contributed by atoms with van der Waals surface area (Å²) < 4.78 is 5.40. The van der Waals surface area contributed by atoms with Crippen molar-refractivity contribution in [2.75, 3.05) is 6.54 Å². The van der Waals surface area contributed by atoms with E-state index in [1.54, 1.807) is 6.20 Å². The molecule has 4 heteroatoms. The molecule has 68 valence electrons. The zero-order valence-corrected chi connectivity index (χ0v) is 7.10. The van der Waals surface area contributed by atoms with E-state index in [0.717, 1.165) is 5.39 Å². The Labute approximate surface area is 75.5 Å². The summed E-state index contributed by atoms with van der Waals surface area (Å²) in [6.45, 7) is 0.375. The molecule has 0 aliphatic carbocycles. The van der Waals surface area contributed by atoms with E-state index in [1.165, 1.54) is 0 Å². The quantitative estimate of drug-likeness (QED) is 0.710. The molecular formula is C9H11N3O. The molecule has 0 aromatic carbocycles. The lowest BCUT2D eigenvalue weighted by atomic mass is 10.2. The molecule has 0 radical (unpaired) electrons. The van der Waals surface area contributed by atoms with Crippen LogP contribution in [-0.4, -0.2) is 11.5 Å². The first-order valence-electron chi connectivity index (χ1n) is 4.11. The van der Waals surface area contributed by atoms with Gasteiger partial charge in [-0.1, -0.05) is 0 Å². The summed E-state index contributed by atoms with van der Waals surface area (Å²) in [4.78, 5) is 4.06. The number of fused-ring (bicyclic) bond motifs is 1. The van der Waals surface area contributed by atoms with Crippen molar-refractivity contribution in [3.05, 3.63) is 30.2 Å². The fourth-order valence-electron chi connectivity index (χ4n) is 1.19. The van der Waals surface area contributed by atoms with E-state index in [0.29, 0.717) is 18.0 Å². The van der Waals surface area contributed by atoms with Crippen molar-refractivity contribution in [1.82, 2.24) is 4.98 Å². The summed E-state index contributed by atoms with van der Waals surface area (Å²) in [5.74, 6) is 0.691. The van der Waals surface area contributed by atoms with Gasteiger partial charge in [0, 0.05) is 18.1 Å². The van der Waals surface area contributed by atoms with Crippen molar-refractivity contribution in [2.24, 2.45) is 11.5 Å². The Morgan fingerprint density at radius 1 is 1.54 bits per heavy atom. The van der Waals surface area contributed by atoms with Crippen molar-refractivity contribution in [1.29, 1.82) is 0 Å². The van der Waals surface area contributed by atoms with Crippen LogP contribution in [0.2, 0.25) is 0 Å². The summed E-state index contributed by atoms with van der Waals surface area (Å²) >= 11 is 0. The lowest BCUT2D eigenvalue weighted by Crippen LogP contribution is -2.19. The molecule has 2 heterocycles. The SMILES string of the molecule is NCC(N)c1cc2cccnc2o1. The second kappa shape index (κ2) is 3.16. The minimum Gasteiger partial charge on any atom is -0.441 e. The van der Waals surface area contributed by atoms with Gasteiger partial charge in [0.25, 0.3) is 0 Å². The molecule has 4 nitrogen and oxygen atoms in total. The molecule has 2 aromatic rings. The third-order valence-electron chi connectivity index (χ3n) is 1.93. The topological polar surface area (TPSA) is 78.1 Å². The molecule has 0 spiro atoms. The van der Waals surface area contributed by atoms with Gasteiger partial charge in [0.1, 0.15) is 5.76 Å². The fraction of sp³-hybridized carbons (Fsp3) is 0.222. The first kappa shape index (κ1) is 8.22. The number of rotatable bonds is 2. The Balaban J connectivity index is 2.49. The highest BCUT2D eigenvalue weighted by Gasteiger charge is 2.09. The molecule has 13 heavy (non-hydrogen) atoms. The van der Waals surface area contributed by atoms with E-state index >= 15 is 0 Å². The Hall–Kier alpha value is -1.39. The van der Waals surface area contributed by atoms with Crippen LogP contribution in [0, 0.1) is 0 Å². The summed E-state index contributed by atoms with van der Waals surface area (Å²) in [6, 6.07) is 5.42. The molecule has 0 amide bonds. The van der Waals surface area contributed by atoms with Crippen LogP contribution < -0.4 is 11.5 Å². The number of nitrogens with two attached hydrogens (primary N) is 2. The van der Waals surface area contributed by atoms with Crippen LogP contribution in [0.1, 0.15) is 11.8 Å². The van der Waals surface area contributed by atoms with E-state index in [2.05, 4.69) is 4.98 Å². The number of nitrogens with zero attached hydrogens (tertiary/aromatic N) is 1. The average Bonchev–Trinajstić information content (AvgIpc) is 2.59. The first-order chi connectivity index (χ1) is 6.31. The van der Waals surface area contributed by atoms with Crippen molar-refractivity contribution in [2.45, 2.75) is 6.04 Å². The highest BCUT2D eigenvalue weighted by molar-refractivity contribution is 5.73. The van der Waals surface area contributed by atoms with E-state index in [-0.39, 0.29) is 6.04 Å². The van der Waals surface area contributed by atoms with Gasteiger partial charge in [-0.05, 0) is 18.2 Å². The van der Waals surface area contributed by atoms with Gasteiger partial charge in [-0.2, -0.15) is 0 Å². The van der Waals surface area contributed by atoms with Gasteiger partial charge in [-0.25, -0.2) is 4.98 Å². The van der Waals surface area contributed by atoms with Crippen molar-refractivity contribution >= 4 is 11.1 Å². The van der Waals surface area contributed by atoms with Crippen molar-refractivity contribution < 1.29 is 4.42 Å². The molecule has 0 aliphatic heterocycles. The van der Waals surface area contributed by atoms with Gasteiger partial charge in [-0.3, -0.25) is 0 Å². The molecule has 2 aromatic heterocycles. The second-order valence-electron chi connectivity index (χ2n) is 2.89. The Morgan fingerprint density at radius 2 is 2.38 bits per heavy atom. The van der Waals surface area contributed by atoms with Crippen molar-refractivity contribution in [3.8, 4) is 0 Å². The second-order valence-corrected chi connectivity index (χ2v) is 2.89. The van der Waals surface area contributed by atoms with Gasteiger partial charge >= 0.3 is 0 Å². The van der Waals surface area contributed by atoms with Crippen LogP contribution in [0.3, 0.4) is 0 Å². The third-order valence-corrected chi connectivity index (χ3v) is 1.93. The maximum atomic E-state index is 5.71. The lowest BCUT2D eigenvalue weighted by Gasteiger charge is -2.01. The van der Waals surface area contributed by atoms with Crippen LogP contribution in [0.15, 0.2) is 28.8 Å². The molecule has 0 saturated carbocycles. The van der Waals surface area contributed by atoms with E-state index in [4.69, 9.17) is 15.9 Å². The Morgan fingerprint density at radius 3 is 3.08 bits per heavy atom. The molecule has 0 aliphatic rings. The maximum Gasteiger partial charge on any atom is 0.226 e. The van der Waals surface area contributed by atoms with Gasteiger partial charge in [0.05, 0.1) is 6.04 Å². The Bertz CT molecular complexity index is 377. The van der Waals surface area contributed by atoms with Crippen LogP contribution in [-0.2, 0) is 0 Å². The smallest absolute Gasteiger partial charge is 0.226 e. The lowest BCUT2D eigenvalue weighted by molar-refractivity contribution is 0.493. The number of hydrogen-bond donors (Lipinski definition) is 2. The summed E-state index contributed by atoms with van der Waals surface area (Å²) in [7, 11) is 0. The Kier molecular flexibility index (Phi) is 2.00. The molecule has 4 N–H and O–H groups in total. The largest absolute Gasteiger partial charge is 0.441 e. The van der Waals surface area contributed by atoms with E-state index in [1.807, 2.05) is 18.2 Å². The number of pyridine rings is 1. The van der Waals surface area contributed by atoms with Crippen LogP contribution in [0.25, 0.3) is 11.1 Å². The molecule has 1 atom stereocenters. The standard InChI is InChI=1S/C9H11N3O/c10-5-7(11)8-4-6-2-1-3-12-9(6)13-8/h1-4,7H,5,10-11H2. The zero-order valence-electron chi connectivity index (χ0n) is 7.10. The predicted molar refractivity (Wildman–Crippen MR) is 50.0 cm³/mol. The number of furan rings is 1. The van der Waals surface area contributed by atoms with Gasteiger partial charge in [0.15, 0.2) is 0 Å². The minimum atomic E-state index is -0.241. The predicted octanol–water partition coefficient (Wildman–Crippen LogP) is 0.786. The summed E-state index contributed by atoms with van der Waals surface area (Å²) in [5, 5.41) is 0.960. The first-order valence-corrected chi connectivity index (χ1v) is 4.11. The third kappa shape index (κ3) is 1.41. The number of hydrogen-bond acceptors (Lipinski definition) is 4. The van der Waals surface area contributed by atoms with Crippen molar-refractivity contribution in [3.63, 3.8) is 0 Å². The monoisotopic (exact) mass is 177 g/mol.